The molecule has 0 bridgehead atoms. The fraction of sp³-hybridized carbons (Fsp3) is 0.391. The predicted molar refractivity (Wildman–Crippen MR) is 111 cm³/mol. The highest BCUT2D eigenvalue weighted by atomic mass is 16.5. The number of piperazine rings is 1. The second-order valence-corrected chi connectivity index (χ2v) is 7.01. The molecule has 29 heavy (non-hydrogen) atoms. The average Bonchev–Trinajstić information content (AvgIpc) is 2.78. The quantitative estimate of drug-likeness (QED) is 0.613. The van der Waals surface area contributed by atoms with Crippen molar-refractivity contribution in [1.29, 1.82) is 10.5 Å². The van der Waals surface area contributed by atoms with E-state index in [0.717, 1.165) is 57.2 Å². The van der Waals surface area contributed by atoms with Gasteiger partial charge in [0.2, 0.25) is 0 Å². The molecule has 0 radical (unpaired) electrons. The molecule has 0 amide bonds. The Bertz CT molecular complexity index is 829. The number of benzene rings is 2. The SMILES string of the molecule is N#Cc1ccc(OCCCN2CCN(CCOc3ccc(C#N)cc3)CC2)cc1. The molecular formula is C23H26N4O2. The molecule has 1 fully saturated rings. The molecule has 0 saturated carbocycles. The van der Waals surface area contributed by atoms with E-state index in [1.807, 2.05) is 24.3 Å². The fourth-order valence-electron chi connectivity index (χ4n) is 3.26. The van der Waals surface area contributed by atoms with Gasteiger partial charge in [0.25, 0.3) is 0 Å². The molecule has 1 saturated heterocycles. The molecule has 6 heteroatoms. The Morgan fingerprint density at radius 3 is 1.59 bits per heavy atom. The van der Waals surface area contributed by atoms with Gasteiger partial charge in [-0.3, -0.25) is 4.90 Å². The fourth-order valence-corrected chi connectivity index (χ4v) is 3.26. The van der Waals surface area contributed by atoms with E-state index in [-0.39, 0.29) is 0 Å². The van der Waals surface area contributed by atoms with Gasteiger partial charge in [0.1, 0.15) is 18.1 Å². The summed E-state index contributed by atoms with van der Waals surface area (Å²) in [7, 11) is 0. The van der Waals surface area contributed by atoms with Crippen LogP contribution in [0.25, 0.3) is 0 Å². The molecule has 1 aliphatic heterocycles. The van der Waals surface area contributed by atoms with Gasteiger partial charge in [0.05, 0.1) is 29.9 Å². The minimum absolute atomic E-state index is 0.649. The van der Waals surface area contributed by atoms with Crippen LogP contribution in [-0.2, 0) is 0 Å². The van der Waals surface area contributed by atoms with Crippen LogP contribution in [0.1, 0.15) is 17.5 Å². The minimum Gasteiger partial charge on any atom is -0.494 e. The van der Waals surface area contributed by atoms with Crippen molar-refractivity contribution in [3.8, 4) is 23.6 Å². The van der Waals surface area contributed by atoms with Crippen LogP contribution in [0, 0.1) is 22.7 Å². The Morgan fingerprint density at radius 2 is 1.10 bits per heavy atom. The molecule has 1 heterocycles. The molecule has 2 aromatic rings. The van der Waals surface area contributed by atoms with E-state index in [1.54, 1.807) is 24.3 Å². The van der Waals surface area contributed by atoms with E-state index in [1.165, 1.54) is 0 Å². The highest BCUT2D eigenvalue weighted by Crippen LogP contribution is 2.13. The van der Waals surface area contributed by atoms with Crippen molar-refractivity contribution in [1.82, 2.24) is 9.80 Å². The zero-order valence-corrected chi connectivity index (χ0v) is 16.6. The van der Waals surface area contributed by atoms with E-state index in [9.17, 15) is 0 Å². The molecule has 2 aromatic carbocycles. The zero-order chi connectivity index (χ0) is 20.3. The Labute approximate surface area is 172 Å². The molecule has 6 nitrogen and oxygen atoms in total. The normalized spacial score (nSPS) is 14.7. The Morgan fingerprint density at radius 1 is 0.655 bits per heavy atom. The maximum atomic E-state index is 8.82. The third-order valence-corrected chi connectivity index (χ3v) is 5.00. The van der Waals surface area contributed by atoms with Crippen molar-refractivity contribution >= 4 is 0 Å². The first-order chi connectivity index (χ1) is 14.3. The first kappa shape index (κ1) is 20.7. The summed E-state index contributed by atoms with van der Waals surface area (Å²) in [6, 6.07) is 18.7. The van der Waals surface area contributed by atoms with Crippen molar-refractivity contribution in [2.24, 2.45) is 0 Å². The smallest absolute Gasteiger partial charge is 0.119 e. The molecule has 0 unspecified atom stereocenters. The van der Waals surface area contributed by atoms with Crippen LogP contribution < -0.4 is 9.47 Å². The van der Waals surface area contributed by atoms with E-state index >= 15 is 0 Å². The van der Waals surface area contributed by atoms with Gasteiger partial charge in [-0.25, -0.2) is 0 Å². The summed E-state index contributed by atoms with van der Waals surface area (Å²) in [4.78, 5) is 4.90. The number of nitrogens with zero attached hydrogens (tertiary/aromatic N) is 4. The molecule has 0 aromatic heterocycles. The van der Waals surface area contributed by atoms with Crippen LogP contribution >= 0.6 is 0 Å². The summed E-state index contributed by atoms with van der Waals surface area (Å²) in [6.07, 6.45) is 0.988. The van der Waals surface area contributed by atoms with Gasteiger partial charge < -0.3 is 14.4 Å². The number of hydrogen-bond acceptors (Lipinski definition) is 6. The minimum atomic E-state index is 0.649. The van der Waals surface area contributed by atoms with Crippen molar-refractivity contribution < 1.29 is 9.47 Å². The highest BCUT2D eigenvalue weighted by Gasteiger charge is 2.16. The maximum absolute atomic E-state index is 8.82. The number of nitriles is 2. The van der Waals surface area contributed by atoms with E-state index < -0.39 is 0 Å². The molecule has 1 aliphatic rings. The molecule has 0 spiro atoms. The van der Waals surface area contributed by atoms with Gasteiger partial charge >= 0.3 is 0 Å². The average molecular weight is 390 g/mol. The standard InChI is InChI=1S/C23H26N4O2/c24-18-20-2-6-22(7-3-20)28-16-1-10-26-11-13-27(14-12-26)15-17-29-23-8-4-21(19-25)5-9-23/h2-9H,1,10-17H2. The Kier molecular flexibility index (Phi) is 7.89. The van der Waals surface area contributed by atoms with E-state index in [0.29, 0.717) is 24.3 Å². The lowest BCUT2D eigenvalue weighted by molar-refractivity contribution is 0.112. The van der Waals surface area contributed by atoms with Crippen LogP contribution in [0.5, 0.6) is 11.5 Å². The third-order valence-electron chi connectivity index (χ3n) is 5.00. The van der Waals surface area contributed by atoms with E-state index in [2.05, 4.69) is 21.9 Å². The van der Waals surface area contributed by atoms with E-state index in [4.69, 9.17) is 20.0 Å². The van der Waals surface area contributed by atoms with Crippen LogP contribution in [0.4, 0.5) is 0 Å². The van der Waals surface area contributed by atoms with Gasteiger partial charge in [-0.2, -0.15) is 10.5 Å². The lowest BCUT2D eigenvalue weighted by Crippen LogP contribution is -2.47. The number of hydrogen-bond donors (Lipinski definition) is 0. The predicted octanol–water partition coefficient (Wildman–Crippen LogP) is 2.90. The van der Waals surface area contributed by atoms with Crippen LogP contribution in [0.3, 0.4) is 0 Å². The largest absolute Gasteiger partial charge is 0.494 e. The van der Waals surface area contributed by atoms with Crippen molar-refractivity contribution in [2.75, 3.05) is 52.5 Å². The van der Waals surface area contributed by atoms with Crippen molar-refractivity contribution in [3.63, 3.8) is 0 Å². The molecule has 3 rings (SSSR count). The molecule has 0 atom stereocenters. The lowest BCUT2D eigenvalue weighted by atomic mass is 10.2. The van der Waals surface area contributed by atoms with Gasteiger partial charge in [0.15, 0.2) is 0 Å². The Balaban J connectivity index is 1.25. The lowest BCUT2D eigenvalue weighted by Gasteiger charge is -2.34. The van der Waals surface area contributed by atoms with Crippen LogP contribution in [-0.4, -0.2) is 62.3 Å². The first-order valence-corrected chi connectivity index (χ1v) is 9.97. The summed E-state index contributed by atoms with van der Waals surface area (Å²) in [5.74, 6) is 1.63. The second kappa shape index (κ2) is 11.1. The summed E-state index contributed by atoms with van der Waals surface area (Å²) in [5, 5.41) is 17.6. The molecule has 0 N–H and O–H groups in total. The summed E-state index contributed by atoms with van der Waals surface area (Å²) in [5.41, 5.74) is 1.30. The first-order valence-electron chi connectivity index (χ1n) is 9.97. The third kappa shape index (κ3) is 6.80. The van der Waals surface area contributed by atoms with Crippen LogP contribution in [0.2, 0.25) is 0 Å². The second-order valence-electron chi connectivity index (χ2n) is 7.01. The number of rotatable bonds is 9. The van der Waals surface area contributed by atoms with Gasteiger partial charge in [0, 0.05) is 39.3 Å². The van der Waals surface area contributed by atoms with Crippen molar-refractivity contribution in [2.45, 2.75) is 6.42 Å². The van der Waals surface area contributed by atoms with Crippen molar-refractivity contribution in [3.05, 3.63) is 59.7 Å². The monoisotopic (exact) mass is 390 g/mol. The topological polar surface area (TPSA) is 72.5 Å². The summed E-state index contributed by atoms with van der Waals surface area (Å²) < 4.78 is 11.5. The van der Waals surface area contributed by atoms with Crippen LogP contribution in [0.15, 0.2) is 48.5 Å². The van der Waals surface area contributed by atoms with Gasteiger partial charge in [-0.05, 0) is 55.0 Å². The molecule has 0 aliphatic carbocycles. The zero-order valence-electron chi connectivity index (χ0n) is 16.6. The number of ether oxygens (including phenoxy) is 2. The molecule has 150 valence electrons. The Hall–Kier alpha value is -3.06. The van der Waals surface area contributed by atoms with Gasteiger partial charge in [-0.1, -0.05) is 0 Å². The summed E-state index contributed by atoms with van der Waals surface area (Å²) >= 11 is 0. The maximum Gasteiger partial charge on any atom is 0.119 e. The molecular weight excluding hydrogens is 364 g/mol. The highest BCUT2D eigenvalue weighted by molar-refractivity contribution is 5.35. The van der Waals surface area contributed by atoms with Gasteiger partial charge in [-0.15, -0.1) is 0 Å². The summed E-state index contributed by atoms with van der Waals surface area (Å²) in [6.45, 7) is 7.51.